The SMILES string of the molecule is Cn1ncc(S(=O)(=O)NC(Cc2ccccc2)c2ccccc2F)c1C(=O)O. The zero-order valence-electron chi connectivity index (χ0n) is 14.9. The summed E-state index contributed by atoms with van der Waals surface area (Å²) < 4.78 is 43.6. The molecule has 0 aliphatic heterocycles. The van der Waals surface area contributed by atoms with Gasteiger partial charge in [0, 0.05) is 12.6 Å². The molecule has 9 heteroatoms. The van der Waals surface area contributed by atoms with Crippen molar-refractivity contribution in [2.24, 2.45) is 7.05 Å². The molecular weight excluding hydrogens is 385 g/mol. The minimum Gasteiger partial charge on any atom is -0.476 e. The number of carbonyl (C=O) groups is 1. The number of halogens is 1. The van der Waals surface area contributed by atoms with Gasteiger partial charge < -0.3 is 5.11 Å². The lowest BCUT2D eigenvalue weighted by Crippen LogP contribution is -2.31. The summed E-state index contributed by atoms with van der Waals surface area (Å²) in [6, 6.07) is 13.9. The summed E-state index contributed by atoms with van der Waals surface area (Å²) >= 11 is 0. The predicted molar refractivity (Wildman–Crippen MR) is 99.8 cm³/mol. The average Bonchev–Trinajstić information content (AvgIpc) is 3.05. The molecule has 0 radical (unpaired) electrons. The van der Waals surface area contributed by atoms with Crippen LogP contribution in [0.15, 0.2) is 65.7 Å². The molecule has 0 spiro atoms. The van der Waals surface area contributed by atoms with Crippen LogP contribution in [0.1, 0.15) is 27.7 Å². The number of aryl methyl sites for hydroxylation is 1. The summed E-state index contributed by atoms with van der Waals surface area (Å²) in [6.07, 6.45) is 1.15. The molecule has 28 heavy (non-hydrogen) atoms. The largest absolute Gasteiger partial charge is 0.476 e. The molecule has 0 fully saturated rings. The molecule has 3 rings (SSSR count). The van der Waals surface area contributed by atoms with E-state index in [-0.39, 0.29) is 12.0 Å². The van der Waals surface area contributed by atoms with E-state index in [1.165, 1.54) is 25.2 Å². The third-order valence-electron chi connectivity index (χ3n) is 4.26. The van der Waals surface area contributed by atoms with Crippen molar-refractivity contribution >= 4 is 16.0 Å². The van der Waals surface area contributed by atoms with E-state index in [1.54, 1.807) is 30.3 Å². The van der Waals surface area contributed by atoms with Crippen molar-refractivity contribution in [1.82, 2.24) is 14.5 Å². The first-order valence-corrected chi connectivity index (χ1v) is 9.84. The minimum atomic E-state index is -4.28. The van der Waals surface area contributed by atoms with Crippen LogP contribution in [-0.4, -0.2) is 29.3 Å². The van der Waals surface area contributed by atoms with E-state index in [9.17, 15) is 22.7 Å². The standard InChI is InChI=1S/C19H18FN3O4S/c1-23-18(19(24)25)17(12-21-23)28(26,27)22-16(11-13-7-3-2-4-8-13)14-9-5-6-10-15(14)20/h2-10,12,16,22H,11H2,1H3,(H,24,25). The quantitative estimate of drug-likeness (QED) is 0.631. The van der Waals surface area contributed by atoms with Gasteiger partial charge in [0.1, 0.15) is 10.7 Å². The lowest BCUT2D eigenvalue weighted by molar-refractivity contribution is 0.0680. The Morgan fingerprint density at radius 2 is 1.82 bits per heavy atom. The monoisotopic (exact) mass is 403 g/mol. The number of benzene rings is 2. The number of carboxylic acids is 1. The van der Waals surface area contributed by atoms with E-state index < -0.39 is 38.4 Å². The Bertz CT molecular complexity index is 1100. The molecule has 7 nitrogen and oxygen atoms in total. The molecule has 0 bridgehead atoms. The molecule has 146 valence electrons. The number of sulfonamides is 1. The van der Waals surface area contributed by atoms with Crippen LogP contribution in [-0.2, 0) is 23.5 Å². The zero-order valence-corrected chi connectivity index (χ0v) is 15.7. The fraction of sp³-hybridized carbons (Fsp3) is 0.158. The maximum Gasteiger partial charge on any atom is 0.355 e. The van der Waals surface area contributed by atoms with Crippen molar-refractivity contribution in [1.29, 1.82) is 0 Å². The summed E-state index contributed by atoms with van der Waals surface area (Å²) in [7, 11) is -2.95. The zero-order chi connectivity index (χ0) is 20.3. The highest BCUT2D eigenvalue weighted by Crippen LogP contribution is 2.25. The van der Waals surface area contributed by atoms with Gasteiger partial charge >= 0.3 is 5.97 Å². The first-order valence-electron chi connectivity index (χ1n) is 8.35. The third-order valence-corrected chi connectivity index (χ3v) is 5.73. The highest BCUT2D eigenvalue weighted by Gasteiger charge is 2.30. The molecule has 1 heterocycles. The van der Waals surface area contributed by atoms with Crippen molar-refractivity contribution in [3.05, 3.63) is 83.4 Å². The van der Waals surface area contributed by atoms with Gasteiger partial charge in [-0.3, -0.25) is 4.68 Å². The average molecular weight is 403 g/mol. The fourth-order valence-electron chi connectivity index (χ4n) is 2.93. The summed E-state index contributed by atoms with van der Waals surface area (Å²) in [5.41, 5.74) is 0.485. The molecule has 2 aromatic carbocycles. The molecule has 1 unspecified atom stereocenters. The van der Waals surface area contributed by atoms with Crippen LogP contribution in [0.2, 0.25) is 0 Å². The topological polar surface area (TPSA) is 101 Å². The Morgan fingerprint density at radius 1 is 1.18 bits per heavy atom. The number of nitrogens with zero attached hydrogens (tertiary/aromatic N) is 2. The maximum atomic E-state index is 14.4. The number of hydrogen-bond acceptors (Lipinski definition) is 4. The van der Waals surface area contributed by atoms with E-state index in [4.69, 9.17) is 0 Å². The fourth-order valence-corrected chi connectivity index (χ4v) is 4.30. The van der Waals surface area contributed by atoms with Crippen LogP contribution in [0.5, 0.6) is 0 Å². The van der Waals surface area contributed by atoms with Gasteiger partial charge in [0.05, 0.1) is 12.2 Å². The van der Waals surface area contributed by atoms with Gasteiger partial charge in [0.15, 0.2) is 5.69 Å². The highest BCUT2D eigenvalue weighted by molar-refractivity contribution is 7.89. The number of hydrogen-bond donors (Lipinski definition) is 2. The lowest BCUT2D eigenvalue weighted by atomic mass is 9.99. The molecule has 1 aromatic heterocycles. The van der Waals surface area contributed by atoms with E-state index in [0.29, 0.717) is 0 Å². The summed E-state index contributed by atoms with van der Waals surface area (Å²) in [5.74, 6) is -1.98. The Morgan fingerprint density at radius 3 is 2.46 bits per heavy atom. The van der Waals surface area contributed by atoms with Crippen LogP contribution < -0.4 is 4.72 Å². The van der Waals surface area contributed by atoms with Gasteiger partial charge in [-0.1, -0.05) is 48.5 Å². The maximum absolute atomic E-state index is 14.4. The van der Waals surface area contributed by atoms with Crippen LogP contribution in [0.3, 0.4) is 0 Å². The first-order chi connectivity index (χ1) is 13.3. The van der Waals surface area contributed by atoms with Crippen molar-refractivity contribution in [3.63, 3.8) is 0 Å². The predicted octanol–water partition coefficient (Wildman–Crippen LogP) is 2.52. The number of aromatic carboxylic acids is 1. The van der Waals surface area contributed by atoms with E-state index in [1.807, 2.05) is 6.07 Å². The van der Waals surface area contributed by atoms with Crippen LogP contribution >= 0.6 is 0 Å². The van der Waals surface area contributed by atoms with Crippen molar-refractivity contribution in [3.8, 4) is 0 Å². The van der Waals surface area contributed by atoms with Gasteiger partial charge in [0.2, 0.25) is 10.0 Å². The minimum absolute atomic E-state index is 0.163. The normalized spacial score (nSPS) is 12.6. The van der Waals surface area contributed by atoms with Crippen LogP contribution in [0, 0.1) is 5.82 Å². The molecular formula is C19H18FN3O4S. The molecule has 3 aromatic rings. The molecule has 0 aliphatic carbocycles. The Kier molecular flexibility index (Phi) is 5.57. The second kappa shape index (κ2) is 7.91. The first kappa shape index (κ1) is 19.7. The second-order valence-electron chi connectivity index (χ2n) is 6.17. The summed E-state index contributed by atoms with van der Waals surface area (Å²) in [6.45, 7) is 0. The van der Waals surface area contributed by atoms with E-state index in [2.05, 4.69) is 9.82 Å². The number of nitrogens with one attached hydrogen (secondary N) is 1. The molecule has 1 atom stereocenters. The summed E-state index contributed by atoms with van der Waals surface area (Å²) in [4.78, 5) is 11.0. The van der Waals surface area contributed by atoms with Crippen molar-refractivity contribution < 1.29 is 22.7 Å². The van der Waals surface area contributed by atoms with Gasteiger partial charge in [-0.25, -0.2) is 22.3 Å². The van der Waals surface area contributed by atoms with Crippen molar-refractivity contribution in [2.75, 3.05) is 0 Å². The molecule has 2 N–H and O–H groups in total. The highest BCUT2D eigenvalue weighted by atomic mass is 32.2. The van der Waals surface area contributed by atoms with Crippen LogP contribution in [0.25, 0.3) is 0 Å². The van der Waals surface area contributed by atoms with Crippen molar-refractivity contribution in [2.45, 2.75) is 17.4 Å². The van der Waals surface area contributed by atoms with Gasteiger partial charge in [0.25, 0.3) is 0 Å². The second-order valence-corrected chi connectivity index (χ2v) is 7.85. The van der Waals surface area contributed by atoms with Gasteiger partial charge in [-0.15, -0.1) is 0 Å². The van der Waals surface area contributed by atoms with Gasteiger partial charge in [-0.2, -0.15) is 5.10 Å². The van der Waals surface area contributed by atoms with E-state index >= 15 is 0 Å². The molecule has 0 amide bonds. The Balaban J connectivity index is 2.02. The Hall–Kier alpha value is -3.04. The van der Waals surface area contributed by atoms with Gasteiger partial charge in [-0.05, 0) is 18.1 Å². The molecule has 0 aliphatic rings. The van der Waals surface area contributed by atoms with Crippen LogP contribution in [0.4, 0.5) is 4.39 Å². The summed E-state index contributed by atoms with van der Waals surface area (Å²) in [5, 5.41) is 13.0. The third kappa shape index (κ3) is 4.10. The molecule has 0 saturated carbocycles. The number of rotatable bonds is 7. The van der Waals surface area contributed by atoms with E-state index in [0.717, 1.165) is 16.4 Å². The molecule has 0 saturated heterocycles. The smallest absolute Gasteiger partial charge is 0.355 e. The number of aromatic nitrogens is 2. The lowest BCUT2D eigenvalue weighted by Gasteiger charge is -2.20. The number of carboxylic acid groups (broad SMARTS) is 1. The Labute approximate surface area is 161 Å².